The summed E-state index contributed by atoms with van der Waals surface area (Å²) in [6.45, 7) is 12.5. The molecule has 0 saturated heterocycles. The second kappa shape index (κ2) is 7.22. The van der Waals surface area contributed by atoms with Crippen molar-refractivity contribution in [3.05, 3.63) is 0 Å². The molecule has 0 fully saturated rings. The predicted octanol–water partition coefficient (Wildman–Crippen LogP) is 1.18. The molecular weight excluding hydrogens is 206 g/mol. The molecule has 98 valence electrons. The third-order valence-electron chi connectivity index (χ3n) is 2.14. The second-order valence-corrected chi connectivity index (χ2v) is 5.26. The van der Waals surface area contributed by atoms with Crippen molar-refractivity contribution in [2.24, 2.45) is 0 Å². The Bertz CT molecular complexity index is 180. The summed E-state index contributed by atoms with van der Waals surface area (Å²) in [4.78, 5) is 0. The highest BCUT2D eigenvalue weighted by Crippen LogP contribution is 2.07. The van der Waals surface area contributed by atoms with E-state index < -0.39 is 0 Å². The minimum absolute atomic E-state index is 0.0704. The van der Waals surface area contributed by atoms with Gasteiger partial charge in [-0.15, -0.1) is 0 Å². The molecule has 0 bridgehead atoms. The lowest BCUT2D eigenvalue weighted by Gasteiger charge is -2.28. The fourth-order valence-electron chi connectivity index (χ4n) is 1.28. The molecule has 0 aliphatic rings. The third-order valence-corrected chi connectivity index (χ3v) is 2.14. The van der Waals surface area contributed by atoms with Gasteiger partial charge in [-0.05, 0) is 34.2 Å². The van der Waals surface area contributed by atoms with Crippen LogP contribution >= 0.6 is 0 Å². The minimum atomic E-state index is -0.351. The summed E-state index contributed by atoms with van der Waals surface area (Å²) in [7, 11) is 0. The zero-order valence-electron chi connectivity index (χ0n) is 11.3. The molecule has 0 aromatic rings. The Morgan fingerprint density at radius 3 is 2.19 bits per heavy atom. The Hall–Kier alpha value is -0.160. The van der Waals surface area contributed by atoms with E-state index in [0.717, 1.165) is 6.54 Å². The van der Waals surface area contributed by atoms with Gasteiger partial charge in [-0.2, -0.15) is 0 Å². The van der Waals surface area contributed by atoms with Crippen molar-refractivity contribution in [1.82, 2.24) is 5.32 Å². The molecule has 0 heterocycles. The van der Waals surface area contributed by atoms with Crippen LogP contribution in [0, 0.1) is 0 Å². The number of hydrogen-bond donors (Lipinski definition) is 2. The summed E-state index contributed by atoms with van der Waals surface area (Å²) in [6, 6.07) is 0. The first-order chi connectivity index (χ1) is 7.33. The molecule has 0 saturated carbocycles. The van der Waals surface area contributed by atoms with Gasteiger partial charge in [0.25, 0.3) is 0 Å². The first-order valence-electron chi connectivity index (χ1n) is 5.90. The van der Waals surface area contributed by atoms with Crippen molar-refractivity contribution < 1.29 is 14.6 Å². The van der Waals surface area contributed by atoms with Crippen LogP contribution in [0.2, 0.25) is 0 Å². The van der Waals surface area contributed by atoms with Crippen molar-refractivity contribution in [2.75, 3.05) is 33.0 Å². The van der Waals surface area contributed by atoms with Gasteiger partial charge < -0.3 is 19.9 Å². The zero-order chi connectivity index (χ0) is 12.7. The Balaban J connectivity index is 3.64. The number of nitrogens with one attached hydrogen (secondary N) is 1. The van der Waals surface area contributed by atoms with E-state index >= 15 is 0 Å². The normalized spacial score (nSPS) is 16.1. The van der Waals surface area contributed by atoms with E-state index in [1.807, 2.05) is 34.6 Å². The van der Waals surface area contributed by atoms with Crippen LogP contribution in [0.3, 0.4) is 0 Å². The fourth-order valence-corrected chi connectivity index (χ4v) is 1.28. The lowest BCUT2D eigenvalue weighted by atomic mass is 10.1. The molecule has 0 spiro atoms. The predicted molar refractivity (Wildman–Crippen MR) is 65.7 cm³/mol. The van der Waals surface area contributed by atoms with Gasteiger partial charge in [-0.3, -0.25) is 0 Å². The standard InChI is InChI=1S/C12H27NO3/c1-6-13-12(5,9-14)10-15-7-8-16-11(2,3)4/h13-14H,6-10H2,1-5H3. The summed E-state index contributed by atoms with van der Waals surface area (Å²) in [6.07, 6.45) is 0. The quantitative estimate of drug-likeness (QED) is 0.618. The van der Waals surface area contributed by atoms with Crippen LogP contribution in [-0.2, 0) is 9.47 Å². The van der Waals surface area contributed by atoms with E-state index in [1.165, 1.54) is 0 Å². The van der Waals surface area contributed by atoms with Crippen LogP contribution in [0.5, 0.6) is 0 Å². The number of rotatable bonds is 8. The van der Waals surface area contributed by atoms with Gasteiger partial charge >= 0.3 is 0 Å². The van der Waals surface area contributed by atoms with Crippen LogP contribution in [0.15, 0.2) is 0 Å². The summed E-state index contributed by atoms with van der Waals surface area (Å²) in [5.41, 5.74) is -0.470. The maximum absolute atomic E-state index is 9.23. The Morgan fingerprint density at radius 1 is 1.12 bits per heavy atom. The molecule has 0 amide bonds. The molecule has 0 rings (SSSR count). The van der Waals surface area contributed by atoms with Gasteiger partial charge in [0.15, 0.2) is 0 Å². The third kappa shape index (κ3) is 8.05. The van der Waals surface area contributed by atoms with Crippen LogP contribution in [0.25, 0.3) is 0 Å². The van der Waals surface area contributed by atoms with Gasteiger partial charge in [-0.1, -0.05) is 6.92 Å². The van der Waals surface area contributed by atoms with Gasteiger partial charge in [0.1, 0.15) is 0 Å². The van der Waals surface area contributed by atoms with Crippen LogP contribution in [0.4, 0.5) is 0 Å². The van der Waals surface area contributed by atoms with Crippen molar-refractivity contribution in [1.29, 1.82) is 0 Å². The monoisotopic (exact) mass is 233 g/mol. The SMILES string of the molecule is CCNC(C)(CO)COCCOC(C)(C)C. The highest BCUT2D eigenvalue weighted by atomic mass is 16.5. The molecule has 2 N–H and O–H groups in total. The molecule has 0 aromatic heterocycles. The van der Waals surface area contributed by atoms with E-state index in [2.05, 4.69) is 5.32 Å². The first kappa shape index (κ1) is 15.8. The number of hydrogen-bond acceptors (Lipinski definition) is 4. The Kier molecular flexibility index (Phi) is 7.15. The van der Waals surface area contributed by atoms with E-state index in [9.17, 15) is 5.11 Å². The fraction of sp³-hybridized carbons (Fsp3) is 1.00. The highest BCUT2D eigenvalue weighted by Gasteiger charge is 2.21. The van der Waals surface area contributed by atoms with E-state index in [4.69, 9.17) is 9.47 Å². The molecule has 0 aliphatic carbocycles. The molecule has 1 unspecified atom stereocenters. The molecule has 0 aliphatic heterocycles. The molecule has 1 atom stereocenters. The average Bonchev–Trinajstić information content (AvgIpc) is 2.16. The lowest BCUT2D eigenvalue weighted by molar-refractivity contribution is -0.0458. The zero-order valence-corrected chi connectivity index (χ0v) is 11.3. The van der Waals surface area contributed by atoms with Crippen LogP contribution in [0.1, 0.15) is 34.6 Å². The van der Waals surface area contributed by atoms with Gasteiger partial charge in [0.05, 0.1) is 37.6 Å². The Labute approximate surface area is 99.3 Å². The summed E-state index contributed by atoms with van der Waals surface area (Å²) < 4.78 is 11.0. The molecule has 16 heavy (non-hydrogen) atoms. The topological polar surface area (TPSA) is 50.7 Å². The lowest BCUT2D eigenvalue weighted by Crippen LogP contribution is -2.49. The van der Waals surface area contributed by atoms with Crippen molar-refractivity contribution in [3.63, 3.8) is 0 Å². The van der Waals surface area contributed by atoms with E-state index in [1.54, 1.807) is 0 Å². The van der Waals surface area contributed by atoms with Gasteiger partial charge in [0.2, 0.25) is 0 Å². The maximum atomic E-state index is 9.23. The molecule has 4 heteroatoms. The summed E-state index contributed by atoms with van der Waals surface area (Å²) in [5.74, 6) is 0. The van der Waals surface area contributed by atoms with Crippen LogP contribution < -0.4 is 5.32 Å². The smallest absolute Gasteiger partial charge is 0.0707 e. The number of likely N-dealkylation sites (N-methyl/N-ethyl adjacent to an activating group) is 1. The first-order valence-corrected chi connectivity index (χ1v) is 5.90. The van der Waals surface area contributed by atoms with E-state index in [0.29, 0.717) is 19.8 Å². The Morgan fingerprint density at radius 2 is 1.75 bits per heavy atom. The molecule has 4 nitrogen and oxygen atoms in total. The van der Waals surface area contributed by atoms with Gasteiger partial charge in [0, 0.05) is 0 Å². The maximum Gasteiger partial charge on any atom is 0.0707 e. The average molecular weight is 233 g/mol. The largest absolute Gasteiger partial charge is 0.394 e. The van der Waals surface area contributed by atoms with E-state index in [-0.39, 0.29) is 17.7 Å². The number of ether oxygens (including phenoxy) is 2. The molecular formula is C12H27NO3. The number of aliphatic hydroxyl groups excluding tert-OH is 1. The second-order valence-electron chi connectivity index (χ2n) is 5.26. The van der Waals surface area contributed by atoms with Crippen LogP contribution in [-0.4, -0.2) is 49.2 Å². The molecule has 0 radical (unpaired) electrons. The minimum Gasteiger partial charge on any atom is -0.394 e. The van der Waals surface area contributed by atoms with Gasteiger partial charge in [-0.25, -0.2) is 0 Å². The summed E-state index contributed by atoms with van der Waals surface area (Å²) >= 11 is 0. The van der Waals surface area contributed by atoms with Crippen molar-refractivity contribution in [3.8, 4) is 0 Å². The van der Waals surface area contributed by atoms with Crippen molar-refractivity contribution in [2.45, 2.75) is 45.8 Å². The molecule has 0 aromatic carbocycles. The summed E-state index contributed by atoms with van der Waals surface area (Å²) in [5, 5.41) is 12.4. The van der Waals surface area contributed by atoms with Crippen molar-refractivity contribution >= 4 is 0 Å². The number of aliphatic hydroxyl groups is 1. The highest BCUT2D eigenvalue weighted by molar-refractivity contribution is 4.81.